The molecule has 1 aromatic heterocycles. The lowest BCUT2D eigenvalue weighted by molar-refractivity contribution is 0.0697. The van der Waals surface area contributed by atoms with Crippen LogP contribution in [0.15, 0.2) is 28.7 Å². The van der Waals surface area contributed by atoms with Crippen LogP contribution >= 0.6 is 0 Å². The fourth-order valence-electron chi connectivity index (χ4n) is 1.61. The Bertz CT molecular complexity index is 590. The second-order valence-electron chi connectivity index (χ2n) is 4.86. The Balaban J connectivity index is 2.33. The molecule has 19 heavy (non-hydrogen) atoms. The first kappa shape index (κ1) is 13.3. The predicted molar refractivity (Wildman–Crippen MR) is 69.9 cm³/mol. The quantitative estimate of drug-likeness (QED) is 0.913. The molecular formula is C14H16N2O3. The second kappa shape index (κ2) is 5.22. The number of hydrogen-bond donors (Lipinski definition) is 1. The Hall–Kier alpha value is -2.17. The molecule has 0 radical (unpaired) electrons. The van der Waals surface area contributed by atoms with Gasteiger partial charge < -0.3 is 9.52 Å². The zero-order chi connectivity index (χ0) is 14.0. The monoisotopic (exact) mass is 260 g/mol. The van der Waals surface area contributed by atoms with Crippen molar-refractivity contribution in [3.8, 4) is 11.5 Å². The number of carbonyl (C=O) groups is 1. The molecule has 0 saturated heterocycles. The van der Waals surface area contributed by atoms with Gasteiger partial charge in [0.2, 0.25) is 11.8 Å². The maximum atomic E-state index is 10.9. The third-order valence-corrected chi connectivity index (χ3v) is 3.19. The van der Waals surface area contributed by atoms with Crippen LogP contribution in [0.2, 0.25) is 0 Å². The van der Waals surface area contributed by atoms with Crippen molar-refractivity contribution >= 4 is 5.97 Å². The molecule has 0 aliphatic carbocycles. The average Bonchev–Trinajstić information content (AvgIpc) is 2.87. The summed E-state index contributed by atoms with van der Waals surface area (Å²) in [6.45, 7) is 6.19. The van der Waals surface area contributed by atoms with E-state index < -0.39 is 5.97 Å². The van der Waals surface area contributed by atoms with E-state index in [1.807, 2.05) is 6.92 Å². The molecule has 2 aromatic rings. The molecule has 0 saturated carbocycles. The lowest BCUT2D eigenvalue weighted by Crippen LogP contribution is -2.01. The van der Waals surface area contributed by atoms with Gasteiger partial charge in [-0.3, -0.25) is 0 Å². The van der Waals surface area contributed by atoms with Crippen molar-refractivity contribution in [2.75, 3.05) is 0 Å². The molecule has 1 N–H and O–H groups in total. The molecule has 5 heteroatoms. The molecule has 0 bridgehead atoms. The summed E-state index contributed by atoms with van der Waals surface area (Å²) in [6.07, 6.45) is 0. The first-order valence-corrected chi connectivity index (χ1v) is 6.16. The molecule has 0 amide bonds. The smallest absolute Gasteiger partial charge is 0.335 e. The first-order valence-electron chi connectivity index (χ1n) is 6.16. The van der Waals surface area contributed by atoms with Gasteiger partial charge in [-0.1, -0.05) is 26.8 Å². The SMILES string of the molecule is CC(C)C(C)c1nnc(-c2cccc(C(=O)O)c2)o1. The standard InChI is InChI=1S/C14H16N2O3/c1-8(2)9(3)12-15-16-13(19-12)10-5-4-6-11(7-10)14(17)18/h4-9H,1-3H3,(H,17,18). The van der Waals surface area contributed by atoms with Gasteiger partial charge in [0.25, 0.3) is 0 Å². The molecule has 0 spiro atoms. The molecule has 100 valence electrons. The van der Waals surface area contributed by atoms with E-state index in [4.69, 9.17) is 9.52 Å². The topological polar surface area (TPSA) is 76.2 Å². The maximum Gasteiger partial charge on any atom is 0.335 e. The van der Waals surface area contributed by atoms with Gasteiger partial charge in [0, 0.05) is 11.5 Å². The number of benzene rings is 1. The van der Waals surface area contributed by atoms with Gasteiger partial charge in [-0.25, -0.2) is 4.79 Å². The van der Waals surface area contributed by atoms with Crippen molar-refractivity contribution in [3.05, 3.63) is 35.7 Å². The number of nitrogens with zero attached hydrogens (tertiary/aromatic N) is 2. The zero-order valence-corrected chi connectivity index (χ0v) is 11.1. The Morgan fingerprint density at radius 1 is 1.26 bits per heavy atom. The number of carboxylic acids is 1. The van der Waals surface area contributed by atoms with E-state index in [9.17, 15) is 4.79 Å². The third kappa shape index (κ3) is 2.81. The summed E-state index contributed by atoms with van der Waals surface area (Å²) in [5, 5.41) is 17.0. The van der Waals surface area contributed by atoms with Crippen molar-refractivity contribution < 1.29 is 14.3 Å². The molecule has 1 atom stereocenters. The number of aromatic carboxylic acids is 1. The van der Waals surface area contributed by atoms with Crippen molar-refractivity contribution in [2.45, 2.75) is 26.7 Å². The number of hydrogen-bond acceptors (Lipinski definition) is 4. The minimum absolute atomic E-state index is 0.170. The van der Waals surface area contributed by atoms with Crippen molar-refractivity contribution in [3.63, 3.8) is 0 Å². The lowest BCUT2D eigenvalue weighted by Gasteiger charge is -2.09. The number of rotatable bonds is 4. The van der Waals surface area contributed by atoms with Crippen LogP contribution in [-0.4, -0.2) is 21.3 Å². The molecule has 1 heterocycles. The van der Waals surface area contributed by atoms with Crippen molar-refractivity contribution in [1.29, 1.82) is 0 Å². The van der Waals surface area contributed by atoms with Crippen LogP contribution in [0.3, 0.4) is 0 Å². The molecule has 0 aliphatic heterocycles. The van der Waals surface area contributed by atoms with Gasteiger partial charge in [0.15, 0.2) is 0 Å². The highest BCUT2D eigenvalue weighted by Crippen LogP contribution is 2.26. The van der Waals surface area contributed by atoms with E-state index in [1.54, 1.807) is 12.1 Å². The molecule has 0 fully saturated rings. The van der Waals surface area contributed by atoms with E-state index in [-0.39, 0.29) is 11.5 Å². The summed E-state index contributed by atoms with van der Waals surface area (Å²) in [5.41, 5.74) is 0.823. The summed E-state index contributed by atoms with van der Waals surface area (Å²) in [7, 11) is 0. The van der Waals surface area contributed by atoms with Gasteiger partial charge in [-0.05, 0) is 24.1 Å². The Labute approximate surface area is 111 Å². The van der Waals surface area contributed by atoms with E-state index in [1.165, 1.54) is 12.1 Å². The fraction of sp³-hybridized carbons (Fsp3) is 0.357. The van der Waals surface area contributed by atoms with Gasteiger partial charge in [-0.2, -0.15) is 0 Å². The van der Waals surface area contributed by atoms with Crippen LogP contribution in [0.5, 0.6) is 0 Å². The predicted octanol–water partition coefficient (Wildman–Crippen LogP) is 3.19. The number of carboxylic acid groups (broad SMARTS) is 1. The molecule has 2 rings (SSSR count). The van der Waals surface area contributed by atoms with Crippen LogP contribution < -0.4 is 0 Å². The molecule has 1 unspecified atom stereocenters. The normalized spacial score (nSPS) is 12.6. The molecule has 5 nitrogen and oxygen atoms in total. The minimum atomic E-state index is -0.975. The van der Waals surface area contributed by atoms with Gasteiger partial charge in [-0.15, -0.1) is 10.2 Å². The maximum absolute atomic E-state index is 10.9. The number of aromatic nitrogens is 2. The van der Waals surface area contributed by atoms with Gasteiger partial charge in [0.1, 0.15) is 0 Å². The van der Waals surface area contributed by atoms with E-state index in [0.29, 0.717) is 23.3 Å². The van der Waals surface area contributed by atoms with Crippen LogP contribution in [-0.2, 0) is 0 Å². The molecule has 0 aliphatic rings. The van der Waals surface area contributed by atoms with E-state index in [2.05, 4.69) is 24.0 Å². The zero-order valence-electron chi connectivity index (χ0n) is 11.1. The Morgan fingerprint density at radius 3 is 2.63 bits per heavy atom. The summed E-state index contributed by atoms with van der Waals surface area (Å²) in [6, 6.07) is 6.47. The molecular weight excluding hydrogens is 244 g/mol. The summed E-state index contributed by atoms with van der Waals surface area (Å²) in [4.78, 5) is 10.9. The van der Waals surface area contributed by atoms with Crippen LogP contribution in [0.4, 0.5) is 0 Å². The highest BCUT2D eigenvalue weighted by atomic mass is 16.4. The van der Waals surface area contributed by atoms with E-state index in [0.717, 1.165) is 0 Å². The lowest BCUT2D eigenvalue weighted by atomic mass is 9.98. The van der Waals surface area contributed by atoms with Crippen LogP contribution in [0.25, 0.3) is 11.5 Å². The Kier molecular flexibility index (Phi) is 3.64. The average molecular weight is 260 g/mol. The Morgan fingerprint density at radius 2 is 2.00 bits per heavy atom. The third-order valence-electron chi connectivity index (χ3n) is 3.19. The van der Waals surface area contributed by atoms with Crippen LogP contribution in [0.1, 0.15) is 42.9 Å². The summed E-state index contributed by atoms with van der Waals surface area (Å²) >= 11 is 0. The molecule has 1 aromatic carbocycles. The largest absolute Gasteiger partial charge is 0.478 e. The van der Waals surface area contributed by atoms with Gasteiger partial charge >= 0.3 is 5.97 Å². The van der Waals surface area contributed by atoms with Crippen LogP contribution in [0, 0.1) is 5.92 Å². The second-order valence-corrected chi connectivity index (χ2v) is 4.86. The van der Waals surface area contributed by atoms with E-state index >= 15 is 0 Å². The fourth-order valence-corrected chi connectivity index (χ4v) is 1.61. The highest BCUT2D eigenvalue weighted by Gasteiger charge is 2.18. The summed E-state index contributed by atoms with van der Waals surface area (Å²) in [5.74, 6) is 0.524. The first-order chi connectivity index (χ1) is 8.99. The van der Waals surface area contributed by atoms with Crippen molar-refractivity contribution in [2.24, 2.45) is 5.92 Å². The highest BCUT2D eigenvalue weighted by molar-refractivity contribution is 5.88. The summed E-state index contributed by atoms with van der Waals surface area (Å²) < 4.78 is 5.61. The minimum Gasteiger partial charge on any atom is -0.478 e. The van der Waals surface area contributed by atoms with Gasteiger partial charge in [0.05, 0.1) is 5.56 Å². The van der Waals surface area contributed by atoms with Crippen molar-refractivity contribution in [1.82, 2.24) is 10.2 Å².